The number of hydrogen-bond donors (Lipinski definition) is 1. The lowest BCUT2D eigenvalue weighted by Crippen LogP contribution is -2.43. The molecule has 1 fully saturated rings. The van der Waals surface area contributed by atoms with Crippen LogP contribution >= 0.6 is 0 Å². The molecule has 0 radical (unpaired) electrons. The standard InChI is InChI=1S/C18H19N5O/c1-13-4-2-3-5-15(13)17-21-18(24-22-17)14-6-7-20-16(12-14)23-10-8-19-9-11-23/h2-7,12,19H,8-11H2,1H3. The molecule has 6 nitrogen and oxygen atoms in total. The van der Waals surface area contributed by atoms with Crippen LogP contribution in [0.5, 0.6) is 0 Å². The van der Waals surface area contributed by atoms with Crippen molar-refractivity contribution in [3.63, 3.8) is 0 Å². The number of pyridine rings is 1. The molecule has 0 spiro atoms. The first-order valence-electron chi connectivity index (χ1n) is 8.13. The van der Waals surface area contributed by atoms with Crippen molar-refractivity contribution in [2.45, 2.75) is 6.92 Å². The summed E-state index contributed by atoms with van der Waals surface area (Å²) in [5.74, 6) is 2.08. The minimum absolute atomic E-state index is 0.520. The van der Waals surface area contributed by atoms with Gasteiger partial charge in [0, 0.05) is 43.5 Å². The summed E-state index contributed by atoms with van der Waals surface area (Å²) in [7, 11) is 0. The van der Waals surface area contributed by atoms with Crippen molar-refractivity contribution >= 4 is 5.82 Å². The highest BCUT2D eigenvalue weighted by Gasteiger charge is 2.15. The molecule has 0 bridgehead atoms. The van der Waals surface area contributed by atoms with Gasteiger partial charge in [0.2, 0.25) is 5.82 Å². The zero-order valence-electron chi connectivity index (χ0n) is 13.6. The highest BCUT2D eigenvalue weighted by molar-refractivity contribution is 5.64. The van der Waals surface area contributed by atoms with Gasteiger partial charge in [-0.3, -0.25) is 0 Å². The molecule has 2 aromatic heterocycles. The van der Waals surface area contributed by atoms with Crippen molar-refractivity contribution in [1.29, 1.82) is 0 Å². The zero-order chi connectivity index (χ0) is 16.4. The quantitative estimate of drug-likeness (QED) is 0.799. The molecule has 1 aliphatic heterocycles. The lowest BCUT2D eigenvalue weighted by atomic mass is 10.1. The average Bonchev–Trinajstić information content (AvgIpc) is 3.13. The predicted molar refractivity (Wildman–Crippen MR) is 92.8 cm³/mol. The Bertz CT molecular complexity index is 839. The van der Waals surface area contributed by atoms with Gasteiger partial charge in [-0.1, -0.05) is 29.4 Å². The number of hydrogen-bond acceptors (Lipinski definition) is 6. The third-order valence-corrected chi connectivity index (χ3v) is 4.25. The van der Waals surface area contributed by atoms with Crippen LogP contribution in [0.1, 0.15) is 5.56 Å². The van der Waals surface area contributed by atoms with E-state index in [1.54, 1.807) is 6.20 Å². The highest BCUT2D eigenvalue weighted by Crippen LogP contribution is 2.26. The minimum atomic E-state index is 0.520. The second-order valence-corrected chi connectivity index (χ2v) is 5.88. The summed E-state index contributed by atoms with van der Waals surface area (Å²) in [4.78, 5) is 11.3. The Labute approximate surface area is 140 Å². The van der Waals surface area contributed by atoms with Crippen LogP contribution in [0.15, 0.2) is 47.1 Å². The van der Waals surface area contributed by atoms with Crippen molar-refractivity contribution in [3.05, 3.63) is 48.2 Å². The van der Waals surface area contributed by atoms with Crippen LogP contribution in [-0.4, -0.2) is 41.3 Å². The summed E-state index contributed by atoms with van der Waals surface area (Å²) < 4.78 is 5.48. The molecular formula is C18H19N5O. The second kappa shape index (κ2) is 6.41. The number of anilines is 1. The van der Waals surface area contributed by atoms with E-state index in [1.807, 2.05) is 43.3 Å². The lowest BCUT2D eigenvalue weighted by molar-refractivity contribution is 0.432. The molecule has 1 saturated heterocycles. The van der Waals surface area contributed by atoms with E-state index in [4.69, 9.17) is 4.52 Å². The smallest absolute Gasteiger partial charge is 0.258 e. The van der Waals surface area contributed by atoms with E-state index in [-0.39, 0.29) is 0 Å². The zero-order valence-corrected chi connectivity index (χ0v) is 13.6. The summed E-state index contributed by atoms with van der Waals surface area (Å²) in [5, 5.41) is 7.48. The molecule has 3 heterocycles. The number of nitrogens with one attached hydrogen (secondary N) is 1. The van der Waals surface area contributed by atoms with Crippen LogP contribution < -0.4 is 10.2 Å². The maximum atomic E-state index is 5.48. The number of piperazine rings is 1. The fourth-order valence-corrected chi connectivity index (χ4v) is 2.89. The number of benzene rings is 1. The van der Waals surface area contributed by atoms with Crippen molar-refractivity contribution in [1.82, 2.24) is 20.4 Å². The van der Waals surface area contributed by atoms with Gasteiger partial charge < -0.3 is 14.7 Å². The van der Waals surface area contributed by atoms with Gasteiger partial charge in [0.05, 0.1) is 0 Å². The highest BCUT2D eigenvalue weighted by atomic mass is 16.5. The largest absolute Gasteiger partial charge is 0.354 e. The lowest BCUT2D eigenvalue weighted by Gasteiger charge is -2.28. The summed E-state index contributed by atoms with van der Waals surface area (Å²) in [6.45, 7) is 5.90. The summed E-state index contributed by atoms with van der Waals surface area (Å²) in [5.41, 5.74) is 3.01. The number of aryl methyl sites for hydroxylation is 1. The van der Waals surface area contributed by atoms with Crippen LogP contribution in [0.25, 0.3) is 22.8 Å². The molecule has 0 saturated carbocycles. The number of nitrogens with zero attached hydrogens (tertiary/aromatic N) is 4. The fraction of sp³-hybridized carbons (Fsp3) is 0.278. The van der Waals surface area contributed by atoms with Crippen LogP contribution in [0.2, 0.25) is 0 Å². The van der Waals surface area contributed by atoms with Gasteiger partial charge in [0.1, 0.15) is 5.82 Å². The van der Waals surface area contributed by atoms with E-state index in [0.29, 0.717) is 11.7 Å². The van der Waals surface area contributed by atoms with Gasteiger partial charge >= 0.3 is 0 Å². The van der Waals surface area contributed by atoms with Gasteiger partial charge in [-0.05, 0) is 24.6 Å². The third-order valence-electron chi connectivity index (χ3n) is 4.25. The molecule has 0 aliphatic carbocycles. The van der Waals surface area contributed by atoms with E-state index < -0.39 is 0 Å². The van der Waals surface area contributed by atoms with Crippen molar-refractivity contribution < 1.29 is 4.52 Å². The maximum Gasteiger partial charge on any atom is 0.258 e. The molecular weight excluding hydrogens is 302 g/mol. The molecule has 24 heavy (non-hydrogen) atoms. The molecule has 0 amide bonds. The molecule has 122 valence electrons. The van der Waals surface area contributed by atoms with Gasteiger partial charge in [0.25, 0.3) is 5.89 Å². The van der Waals surface area contributed by atoms with E-state index in [1.165, 1.54) is 0 Å². The van der Waals surface area contributed by atoms with E-state index in [9.17, 15) is 0 Å². The number of rotatable bonds is 3. The average molecular weight is 321 g/mol. The Hall–Kier alpha value is -2.73. The van der Waals surface area contributed by atoms with E-state index in [0.717, 1.165) is 48.7 Å². The summed E-state index contributed by atoms with van der Waals surface area (Å²) in [6, 6.07) is 11.9. The maximum absolute atomic E-state index is 5.48. The monoisotopic (exact) mass is 321 g/mol. The fourth-order valence-electron chi connectivity index (χ4n) is 2.89. The molecule has 1 N–H and O–H groups in total. The Morgan fingerprint density at radius 1 is 1.12 bits per heavy atom. The third kappa shape index (κ3) is 2.88. The molecule has 0 unspecified atom stereocenters. The van der Waals surface area contributed by atoms with Gasteiger partial charge in [-0.25, -0.2) is 4.98 Å². The SMILES string of the molecule is Cc1ccccc1-c1noc(-c2ccnc(N3CCNCC3)c2)n1. The molecule has 1 aromatic carbocycles. The second-order valence-electron chi connectivity index (χ2n) is 5.88. The van der Waals surface area contributed by atoms with Gasteiger partial charge in [0.15, 0.2) is 0 Å². The molecule has 6 heteroatoms. The first-order valence-corrected chi connectivity index (χ1v) is 8.13. The first-order chi connectivity index (χ1) is 11.8. The summed E-state index contributed by atoms with van der Waals surface area (Å²) >= 11 is 0. The van der Waals surface area contributed by atoms with Crippen molar-refractivity contribution in [2.75, 3.05) is 31.1 Å². The van der Waals surface area contributed by atoms with Crippen molar-refractivity contribution in [2.24, 2.45) is 0 Å². The molecule has 3 aromatic rings. The van der Waals surface area contributed by atoms with E-state index >= 15 is 0 Å². The molecule has 4 rings (SSSR count). The van der Waals surface area contributed by atoms with E-state index in [2.05, 4.69) is 25.3 Å². The first kappa shape index (κ1) is 14.8. The number of aromatic nitrogens is 3. The topological polar surface area (TPSA) is 67.1 Å². The Morgan fingerprint density at radius 3 is 2.79 bits per heavy atom. The molecule has 1 aliphatic rings. The van der Waals surface area contributed by atoms with Crippen LogP contribution in [0.4, 0.5) is 5.82 Å². The Balaban J connectivity index is 1.64. The van der Waals surface area contributed by atoms with Crippen LogP contribution in [0.3, 0.4) is 0 Å². The molecule has 0 atom stereocenters. The normalized spacial score (nSPS) is 14.8. The summed E-state index contributed by atoms with van der Waals surface area (Å²) in [6.07, 6.45) is 1.80. The van der Waals surface area contributed by atoms with Gasteiger partial charge in [-0.15, -0.1) is 0 Å². The Kier molecular flexibility index (Phi) is 3.96. The van der Waals surface area contributed by atoms with Crippen LogP contribution in [0, 0.1) is 6.92 Å². The minimum Gasteiger partial charge on any atom is -0.354 e. The van der Waals surface area contributed by atoms with Gasteiger partial charge in [-0.2, -0.15) is 4.98 Å². The Morgan fingerprint density at radius 2 is 1.96 bits per heavy atom. The van der Waals surface area contributed by atoms with Crippen LogP contribution in [-0.2, 0) is 0 Å². The van der Waals surface area contributed by atoms with Crippen molar-refractivity contribution in [3.8, 4) is 22.8 Å². The predicted octanol–water partition coefficient (Wildman–Crippen LogP) is 2.52.